The van der Waals surface area contributed by atoms with E-state index >= 15 is 0 Å². The maximum Gasteiger partial charge on any atom is 0.0412 e. The first kappa shape index (κ1) is 11.5. The standard InChI is InChI=1S/C14H22N2/c1-14(2)8-9-16(11-14)13-7-5-4-6-12(13)10-15-3/h4-7,15H,8-11H2,1-3H3. The van der Waals surface area contributed by atoms with Gasteiger partial charge >= 0.3 is 0 Å². The largest absolute Gasteiger partial charge is 0.371 e. The third kappa shape index (κ3) is 2.38. The summed E-state index contributed by atoms with van der Waals surface area (Å²) in [5.41, 5.74) is 3.28. The molecule has 1 aromatic rings. The van der Waals surface area contributed by atoms with E-state index in [0.717, 1.165) is 6.54 Å². The highest BCUT2D eigenvalue weighted by atomic mass is 15.2. The van der Waals surface area contributed by atoms with Gasteiger partial charge in [0.25, 0.3) is 0 Å². The highest BCUT2D eigenvalue weighted by Crippen LogP contribution is 2.33. The van der Waals surface area contributed by atoms with E-state index in [1.54, 1.807) is 0 Å². The Labute approximate surface area is 98.7 Å². The lowest BCUT2D eigenvalue weighted by atomic mass is 9.93. The van der Waals surface area contributed by atoms with Gasteiger partial charge in [-0.25, -0.2) is 0 Å². The predicted octanol–water partition coefficient (Wildman–Crippen LogP) is 2.64. The first-order chi connectivity index (χ1) is 7.62. The first-order valence-corrected chi connectivity index (χ1v) is 6.10. The topological polar surface area (TPSA) is 15.3 Å². The van der Waals surface area contributed by atoms with Crippen LogP contribution in [0.1, 0.15) is 25.8 Å². The Morgan fingerprint density at radius 3 is 2.69 bits per heavy atom. The van der Waals surface area contributed by atoms with Crippen LogP contribution >= 0.6 is 0 Å². The van der Waals surface area contributed by atoms with Crippen LogP contribution in [0.4, 0.5) is 5.69 Å². The van der Waals surface area contributed by atoms with Crippen LogP contribution in [0.15, 0.2) is 24.3 Å². The predicted molar refractivity (Wildman–Crippen MR) is 69.8 cm³/mol. The van der Waals surface area contributed by atoms with Crippen LogP contribution in [0, 0.1) is 5.41 Å². The van der Waals surface area contributed by atoms with Crippen molar-refractivity contribution in [3.8, 4) is 0 Å². The van der Waals surface area contributed by atoms with Gasteiger partial charge in [0.05, 0.1) is 0 Å². The van der Waals surface area contributed by atoms with E-state index in [1.807, 2.05) is 7.05 Å². The number of para-hydroxylation sites is 1. The molecular weight excluding hydrogens is 196 g/mol. The Hall–Kier alpha value is -1.02. The van der Waals surface area contributed by atoms with Crippen molar-refractivity contribution in [3.63, 3.8) is 0 Å². The molecule has 1 N–H and O–H groups in total. The summed E-state index contributed by atoms with van der Waals surface area (Å²) in [7, 11) is 2.00. The van der Waals surface area contributed by atoms with Gasteiger partial charge in [-0.1, -0.05) is 32.0 Å². The highest BCUT2D eigenvalue weighted by molar-refractivity contribution is 5.54. The molecule has 16 heavy (non-hydrogen) atoms. The molecule has 1 aromatic carbocycles. The third-order valence-corrected chi connectivity index (χ3v) is 3.38. The number of nitrogens with zero attached hydrogens (tertiary/aromatic N) is 1. The molecule has 1 saturated heterocycles. The van der Waals surface area contributed by atoms with Gasteiger partial charge < -0.3 is 10.2 Å². The molecule has 0 radical (unpaired) electrons. The molecule has 1 fully saturated rings. The molecule has 1 heterocycles. The Morgan fingerprint density at radius 2 is 2.06 bits per heavy atom. The van der Waals surface area contributed by atoms with Crippen LogP contribution in [0.5, 0.6) is 0 Å². The van der Waals surface area contributed by atoms with Gasteiger partial charge in [-0.05, 0) is 30.5 Å². The second-order valence-electron chi connectivity index (χ2n) is 5.49. The first-order valence-electron chi connectivity index (χ1n) is 6.10. The zero-order valence-corrected chi connectivity index (χ0v) is 10.6. The SMILES string of the molecule is CNCc1ccccc1N1CCC(C)(C)C1. The molecule has 0 aliphatic carbocycles. The van der Waals surface area contributed by atoms with Gasteiger partial charge in [-0.3, -0.25) is 0 Å². The van der Waals surface area contributed by atoms with Gasteiger partial charge in [0.1, 0.15) is 0 Å². The molecule has 0 spiro atoms. The fourth-order valence-corrected chi connectivity index (χ4v) is 2.48. The van der Waals surface area contributed by atoms with Crippen LogP contribution < -0.4 is 10.2 Å². The lowest BCUT2D eigenvalue weighted by Crippen LogP contribution is -2.24. The van der Waals surface area contributed by atoms with Crippen molar-refractivity contribution >= 4 is 5.69 Å². The van der Waals surface area contributed by atoms with Crippen LogP contribution in [0.25, 0.3) is 0 Å². The molecule has 0 atom stereocenters. The Bertz CT molecular complexity index is 358. The summed E-state index contributed by atoms with van der Waals surface area (Å²) >= 11 is 0. The van der Waals surface area contributed by atoms with E-state index in [0.29, 0.717) is 5.41 Å². The Balaban J connectivity index is 2.20. The van der Waals surface area contributed by atoms with Crippen molar-refractivity contribution < 1.29 is 0 Å². The molecular formula is C14H22N2. The van der Waals surface area contributed by atoms with Gasteiger partial charge in [-0.15, -0.1) is 0 Å². The zero-order chi connectivity index (χ0) is 11.6. The summed E-state index contributed by atoms with van der Waals surface area (Å²) in [4.78, 5) is 2.52. The van der Waals surface area contributed by atoms with E-state index in [9.17, 15) is 0 Å². The molecule has 0 bridgehead atoms. The normalized spacial score (nSPS) is 19.1. The summed E-state index contributed by atoms with van der Waals surface area (Å²) in [5, 5.41) is 3.24. The zero-order valence-electron chi connectivity index (χ0n) is 10.6. The molecule has 2 nitrogen and oxygen atoms in total. The number of anilines is 1. The molecule has 2 heteroatoms. The minimum Gasteiger partial charge on any atom is -0.371 e. The van der Waals surface area contributed by atoms with Crippen molar-refractivity contribution in [2.75, 3.05) is 25.0 Å². The second kappa shape index (κ2) is 4.46. The molecule has 88 valence electrons. The smallest absolute Gasteiger partial charge is 0.0412 e. The Kier molecular flexibility index (Phi) is 3.20. The number of benzene rings is 1. The maximum atomic E-state index is 3.24. The number of rotatable bonds is 3. The average molecular weight is 218 g/mol. The summed E-state index contributed by atoms with van der Waals surface area (Å²) < 4.78 is 0. The monoisotopic (exact) mass is 218 g/mol. The molecule has 0 unspecified atom stereocenters. The minimum absolute atomic E-state index is 0.465. The number of nitrogens with one attached hydrogen (secondary N) is 1. The van der Waals surface area contributed by atoms with E-state index in [1.165, 1.54) is 30.8 Å². The van der Waals surface area contributed by atoms with E-state index in [2.05, 4.69) is 48.3 Å². The molecule has 0 aromatic heterocycles. The molecule has 0 amide bonds. The molecule has 2 rings (SSSR count). The minimum atomic E-state index is 0.465. The van der Waals surface area contributed by atoms with E-state index in [-0.39, 0.29) is 0 Å². The van der Waals surface area contributed by atoms with Gasteiger partial charge in [0.15, 0.2) is 0 Å². The average Bonchev–Trinajstić information content (AvgIpc) is 2.60. The van der Waals surface area contributed by atoms with Crippen LogP contribution in [-0.2, 0) is 6.54 Å². The van der Waals surface area contributed by atoms with Crippen molar-refractivity contribution in [2.45, 2.75) is 26.8 Å². The maximum absolute atomic E-state index is 3.24. The third-order valence-electron chi connectivity index (χ3n) is 3.38. The van der Waals surface area contributed by atoms with Crippen LogP contribution in [0.2, 0.25) is 0 Å². The van der Waals surface area contributed by atoms with Crippen molar-refractivity contribution in [3.05, 3.63) is 29.8 Å². The van der Waals surface area contributed by atoms with Crippen molar-refractivity contribution in [1.29, 1.82) is 0 Å². The lowest BCUT2D eigenvalue weighted by molar-refractivity contribution is 0.418. The summed E-state index contributed by atoms with van der Waals surface area (Å²) in [5.74, 6) is 0. The summed E-state index contributed by atoms with van der Waals surface area (Å²) in [6.07, 6.45) is 1.29. The van der Waals surface area contributed by atoms with Crippen LogP contribution in [-0.4, -0.2) is 20.1 Å². The van der Waals surface area contributed by atoms with Gasteiger partial charge in [-0.2, -0.15) is 0 Å². The second-order valence-corrected chi connectivity index (χ2v) is 5.49. The highest BCUT2D eigenvalue weighted by Gasteiger charge is 2.29. The lowest BCUT2D eigenvalue weighted by Gasteiger charge is -2.24. The number of hydrogen-bond donors (Lipinski definition) is 1. The van der Waals surface area contributed by atoms with E-state index < -0.39 is 0 Å². The van der Waals surface area contributed by atoms with Crippen molar-refractivity contribution in [2.24, 2.45) is 5.41 Å². The van der Waals surface area contributed by atoms with Crippen molar-refractivity contribution in [1.82, 2.24) is 5.32 Å². The fourth-order valence-electron chi connectivity index (χ4n) is 2.48. The summed E-state index contributed by atoms with van der Waals surface area (Å²) in [6.45, 7) is 8.02. The fraction of sp³-hybridized carbons (Fsp3) is 0.571. The van der Waals surface area contributed by atoms with Gasteiger partial charge in [0, 0.05) is 25.3 Å². The Morgan fingerprint density at radius 1 is 1.31 bits per heavy atom. The van der Waals surface area contributed by atoms with Gasteiger partial charge in [0.2, 0.25) is 0 Å². The molecule has 1 aliphatic rings. The molecule has 0 saturated carbocycles. The number of hydrogen-bond acceptors (Lipinski definition) is 2. The summed E-state index contributed by atoms with van der Waals surface area (Å²) in [6, 6.07) is 8.72. The van der Waals surface area contributed by atoms with Crippen LogP contribution in [0.3, 0.4) is 0 Å². The quantitative estimate of drug-likeness (QED) is 0.839. The molecule has 1 aliphatic heterocycles. The van der Waals surface area contributed by atoms with E-state index in [4.69, 9.17) is 0 Å².